The van der Waals surface area contributed by atoms with Gasteiger partial charge in [0, 0.05) is 5.57 Å². The summed E-state index contributed by atoms with van der Waals surface area (Å²) in [6, 6.07) is 8.24. The van der Waals surface area contributed by atoms with Crippen LogP contribution in [0, 0.1) is 0 Å². The number of aliphatic carboxylic acids is 2. The second-order valence-electron chi connectivity index (χ2n) is 4.07. The van der Waals surface area contributed by atoms with E-state index in [0.717, 1.165) is 0 Å². The maximum absolute atomic E-state index is 11.9. The zero-order valence-corrected chi connectivity index (χ0v) is 10.8. The fraction of sp³-hybridized carbons (Fsp3) is 0.214. The zero-order chi connectivity index (χ0) is 15.1. The van der Waals surface area contributed by atoms with E-state index in [1.165, 1.54) is 6.92 Å². The highest BCUT2D eigenvalue weighted by atomic mass is 16.5. The van der Waals surface area contributed by atoms with Gasteiger partial charge in [-0.05, 0) is 24.6 Å². The van der Waals surface area contributed by atoms with E-state index in [9.17, 15) is 14.4 Å². The number of para-hydroxylation sites is 1. The lowest BCUT2D eigenvalue weighted by Gasteiger charge is -2.08. The van der Waals surface area contributed by atoms with E-state index in [0.29, 0.717) is 5.75 Å². The quantitative estimate of drug-likeness (QED) is 0.468. The predicted molar refractivity (Wildman–Crippen MR) is 69.3 cm³/mol. The van der Waals surface area contributed by atoms with Crippen molar-refractivity contribution >= 4 is 17.9 Å². The molecule has 20 heavy (non-hydrogen) atoms. The molecule has 0 aromatic heterocycles. The Morgan fingerprint density at radius 3 is 1.95 bits per heavy atom. The highest BCUT2D eigenvalue weighted by molar-refractivity contribution is 5.92. The number of carbonyl (C=O) groups is 3. The predicted octanol–water partition coefficient (Wildman–Crippen LogP) is 1.86. The molecule has 6 heteroatoms. The molecule has 0 amide bonds. The molecule has 0 aliphatic carbocycles. The van der Waals surface area contributed by atoms with Gasteiger partial charge in [0.1, 0.15) is 5.75 Å². The Bertz CT molecular complexity index is 526. The molecule has 0 atom stereocenters. The molecule has 2 N–H and O–H groups in total. The topological polar surface area (TPSA) is 101 Å². The van der Waals surface area contributed by atoms with Crippen molar-refractivity contribution in [1.29, 1.82) is 0 Å². The van der Waals surface area contributed by atoms with Gasteiger partial charge in [0.05, 0.1) is 12.8 Å². The number of hydrogen-bond donors (Lipinski definition) is 2. The number of carboxylic acids is 2. The second-order valence-corrected chi connectivity index (χ2v) is 4.07. The minimum absolute atomic E-state index is 0.00125. The monoisotopic (exact) mass is 278 g/mol. The molecular formula is C14H14O6. The Morgan fingerprint density at radius 1 is 1.00 bits per heavy atom. The van der Waals surface area contributed by atoms with Crippen LogP contribution in [-0.4, -0.2) is 28.1 Å². The Morgan fingerprint density at radius 2 is 1.50 bits per heavy atom. The minimum atomic E-state index is -1.20. The normalized spacial score (nSPS) is 9.65. The van der Waals surface area contributed by atoms with Crippen LogP contribution in [0.1, 0.15) is 19.8 Å². The molecule has 0 heterocycles. The summed E-state index contributed by atoms with van der Waals surface area (Å²) >= 11 is 0. The summed E-state index contributed by atoms with van der Waals surface area (Å²) < 4.78 is 5.04. The van der Waals surface area contributed by atoms with Crippen molar-refractivity contribution in [3.63, 3.8) is 0 Å². The van der Waals surface area contributed by atoms with Gasteiger partial charge in [-0.2, -0.15) is 0 Å². The Labute approximate surface area is 115 Å². The third-order valence-corrected chi connectivity index (χ3v) is 2.52. The summed E-state index contributed by atoms with van der Waals surface area (Å²) in [6.07, 6.45) is -1.02. The van der Waals surface area contributed by atoms with Crippen molar-refractivity contribution in [2.45, 2.75) is 19.8 Å². The van der Waals surface area contributed by atoms with Crippen molar-refractivity contribution < 1.29 is 29.3 Å². The molecule has 1 aromatic rings. The summed E-state index contributed by atoms with van der Waals surface area (Å²) in [5.74, 6) is -2.85. The zero-order valence-electron chi connectivity index (χ0n) is 10.8. The average molecular weight is 278 g/mol. The molecule has 0 aliphatic rings. The van der Waals surface area contributed by atoms with E-state index in [2.05, 4.69) is 0 Å². The van der Waals surface area contributed by atoms with Crippen LogP contribution in [0.2, 0.25) is 0 Å². The molecule has 0 unspecified atom stereocenters. The summed E-state index contributed by atoms with van der Waals surface area (Å²) in [5, 5.41) is 17.5. The lowest BCUT2D eigenvalue weighted by atomic mass is 10.0. The molecule has 0 radical (unpaired) electrons. The van der Waals surface area contributed by atoms with Crippen molar-refractivity contribution in [2.24, 2.45) is 0 Å². The first kappa shape index (κ1) is 15.4. The van der Waals surface area contributed by atoms with E-state index in [1.807, 2.05) is 0 Å². The molecule has 106 valence electrons. The minimum Gasteiger partial charge on any atom is -0.481 e. The highest BCUT2D eigenvalue weighted by Crippen LogP contribution is 2.17. The van der Waals surface area contributed by atoms with Crippen LogP contribution >= 0.6 is 0 Å². The second kappa shape index (κ2) is 7.08. The number of benzene rings is 1. The molecular weight excluding hydrogens is 264 g/mol. The molecule has 0 aliphatic heterocycles. The molecule has 0 saturated heterocycles. The van der Waals surface area contributed by atoms with Gasteiger partial charge >= 0.3 is 17.9 Å². The van der Waals surface area contributed by atoms with Gasteiger partial charge in [0.25, 0.3) is 0 Å². The first-order valence-electron chi connectivity index (χ1n) is 5.79. The first-order chi connectivity index (χ1) is 9.40. The third-order valence-electron chi connectivity index (χ3n) is 2.52. The van der Waals surface area contributed by atoms with Gasteiger partial charge in [-0.3, -0.25) is 9.59 Å². The van der Waals surface area contributed by atoms with Gasteiger partial charge in [-0.1, -0.05) is 18.2 Å². The van der Waals surface area contributed by atoms with E-state index >= 15 is 0 Å². The number of hydrogen-bond acceptors (Lipinski definition) is 4. The van der Waals surface area contributed by atoms with Crippen molar-refractivity contribution in [3.05, 3.63) is 41.5 Å². The van der Waals surface area contributed by atoms with Gasteiger partial charge in [-0.15, -0.1) is 0 Å². The van der Waals surface area contributed by atoms with E-state index < -0.39 is 30.7 Å². The van der Waals surface area contributed by atoms with Crippen LogP contribution in [0.3, 0.4) is 0 Å². The van der Waals surface area contributed by atoms with Crippen LogP contribution in [0.5, 0.6) is 5.75 Å². The van der Waals surface area contributed by atoms with Gasteiger partial charge in [-0.25, -0.2) is 4.79 Å². The van der Waals surface area contributed by atoms with Crippen molar-refractivity contribution in [2.75, 3.05) is 0 Å². The van der Waals surface area contributed by atoms with Crippen LogP contribution in [-0.2, 0) is 14.4 Å². The molecule has 0 fully saturated rings. The lowest BCUT2D eigenvalue weighted by molar-refractivity contribution is -0.136. The SMILES string of the molecule is CC(C(=O)Oc1ccccc1)=C(CC(=O)O)CC(=O)O. The molecule has 0 spiro atoms. The van der Waals surface area contributed by atoms with Crippen molar-refractivity contribution in [1.82, 2.24) is 0 Å². The van der Waals surface area contributed by atoms with E-state index in [-0.39, 0.29) is 11.1 Å². The maximum atomic E-state index is 11.9. The Hall–Kier alpha value is -2.63. The summed E-state index contributed by atoms with van der Waals surface area (Å²) in [7, 11) is 0. The average Bonchev–Trinajstić information content (AvgIpc) is 2.37. The Balaban J connectivity index is 2.92. The standard InChI is InChI=1S/C14H14O6/c1-9(10(7-12(15)16)8-13(17)18)14(19)20-11-5-3-2-4-6-11/h2-6H,7-8H2,1H3,(H,15,16)(H,17,18). The molecule has 6 nitrogen and oxygen atoms in total. The lowest BCUT2D eigenvalue weighted by Crippen LogP contribution is -2.14. The largest absolute Gasteiger partial charge is 0.481 e. The number of carboxylic acid groups (broad SMARTS) is 2. The van der Waals surface area contributed by atoms with Gasteiger partial charge in [0.15, 0.2) is 0 Å². The summed E-state index contributed by atoms with van der Waals surface area (Å²) in [6.45, 7) is 1.35. The van der Waals surface area contributed by atoms with Crippen LogP contribution < -0.4 is 4.74 Å². The fourth-order valence-electron chi connectivity index (χ4n) is 1.51. The molecule has 1 aromatic carbocycles. The summed E-state index contributed by atoms with van der Waals surface area (Å²) in [4.78, 5) is 33.2. The molecule has 0 bridgehead atoms. The van der Waals surface area contributed by atoms with E-state index in [1.54, 1.807) is 30.3 Å². The van der Waals surface area contributed by atoms with Gasteiger partial charge < -0.3 is 14.9 Å². The van der Waals surface area contributed by atoms with Crippen molar-refractivity contribution in [3.8, 4) is 5.75 Å². The number of rotatable bonds is 6. The third kappa shape index (κ3) is 4.93. The Kier molecular flexibility index (Phi) is 5.46. The number of ether oxygens (including phenoxy) is 1. The summed E-state index contributed by atoms with van der Waals surface area (Å²) in [5.41, 5.74) is 0.0181. The van der Waals surface area contributed by atoms with E-state index in [4.69, 9.17) is 14.9 Å². The highest BCUT2D eigenvalue weighted by Gasteiger charge is 2.18. The van der Waals surface area contributed by atoms with Crippen LogP contribution in [0.15, 0.2) is 41.5 Å². The fourth-order valence-corrected chi connectivity index (χ4v) is 1.51. The van der Waals surface area contributed by atoms with Gasteiger partial charge in [0.2, 0.25) is 0 Å². The van der Waals surface area contributed by atoms with Crippen LogP contribution in [0.25, 0.3) is 0 Å². The first-order valence-corrected chi connectivity index (χ1v) is 5.79. The maximum Gasteiger partial charge on any atom is 0.339 e. The molecule has 1 rings (SSSR count). The molecule has 0 saturated carbocycles. The number of carbonyl (C=O) groups excluding carboxylic acids is 1. The van der Waals surface area contributed by atoms with Crippen LogP contribution in [0.4, 0.5) is 0 Å². The number of esters is 1. The smallest absolute Gasteiger partial charge is 0.339 e.